The number of thiophene rings is 1. The molecule has 1 aromatic rings. The Hall–Kier alpha value is -1.07. The van der Waals surface area contributed by atoms with Crippen molar-refractivity contribution in [3.63, 3.8) is 0 Å². The lowest BCUT2D eigenvalue weighted by atomic mass is 10.4. The Labute approximate surface area is 89.1 Å². The van der Waals surface area contributed by atoms with Crippen LogP contribution in [0.15, 0.2) is 22.7 Å². The van der Waals surface area contributed by atoms with Gasteiger partial charge in [0.1, 0.15) is 5.16 Å². The Morgan fingerprint density at radius 1 is 1.71 bits per heavy atom. The van der Waals surface area contributed by atoms with Crippen molar-refractivity contribution in [1.29, 1.82) is 0 Å². The number of amidine groups is 1. The van der Waals surface area contributed by atoms with E-state index in [1.54, 1.807) is 12.3 Å². The Morgan fingerprint density at radius 2 is 2.57 bits per heavy atom. The highest BCUT2D eigenvalue weighted by Gasteiger charge is 2.05. The summed E-state index contributed by atoms with van der Waals surface area (Å²) in [7, 11) is 0. The molecule has 0 N–H and O–H groups in total. The van der Waals surface area contributed by atoms with E-state index >= 15 is 0 Å². The molecule has 1 aromatic heterocycles. The van der Waals surface area contributed by atoms with E-state index in [1.165, 1.54) is 11.3 Å². The zero-order valence-corrected chi connectivity index (χ0v) is 8.80. The fourth-order valence-corrected chi connectivity index (χ4v) is 1.35. The number of hydrogen-bond acceptors (Lipinski definition) is 6. The lowest BCUT2D eigenvalue weighted by Crippen LogP contribution is -1.93. The number of hydrogen-bond donors (Lipinski definition) is 0. The van der Waals surface area contributed by atoms with Crippen molar-refractivity contribution in [2.45, 2.75) is 0 Å². The zero-order valence-electron chi connectivity index (χ0n) is 7.17. The Kier molecular flexibility index (Phi) is 5.03. The molecule has 1 rings (SSSR count). The average Bonchev–Trinajstić information content (AvgIpc) is 2.71. The van der Waals surface area contributed by atoms with Crippen molar-refractivity contribution in [2.75, 3.05) is 6.26 Å². The van der Waals surface area contributed by atoms with Crippen molar-refractivity contribution in [3.8, 4) is 0 Å². The molecule has 0 atom stereocenters. The van der Waals surface area contributed by atoms with E-state index < -0.39 is 0 Å². The Balaban J connectivity index is 2.51. The second kappa shape index (κ2) is 6.39. The second-order valence-corrected chi connectivity index (χ2v) is 3.30. The first-order valence-electron chi connectivity index (χ1n) is 3.41. The Morgan fingerprint density at radius 3 is 3.14 bits per heavy atom. The van der Waals surface area contributed by atoms with Gasteiger partial charge in [-0.25, -0.2) is 0 Å². The minimum atomic E-state index is 0.129. The molecular formula is C7H6N2O3S2. The smallest absolute Gasteiger partial charge is 0.336 e. The van der Waals surface area contributed by atoms with E-state index in [9.17, 15) is 0 Å². The molecule has 5 nitrogen and oxygen atoms in total. The molecule has 0 unspecified atom stereocenters. The first-order valence-corrected chi connectivity index (χ1v) is 5.44. The van der Waals surface area contributed by atoms with E-state index in [0.29, 0.717) is 4.88 Å². The molecule has 0 spiro atoms. The van der Waals surface area contributed by atoms with Gasteiger partial charge >= 0.3 is 5.84 Å². The van der Waals surface area contributed by atoms with Gasteiger partial charge in [-0.05, 0) is 5.38 Å². The van der Waals surface area contributed by atoms with E-state index in [4.69, 9.17) is 6.57 Å². The molecule has 0 saturated heterocycles. The summed E-state index contributed by atoms with van der Waals surface area (Å²) in [4.78, 5) is 8.18. The van der Waals surface area contributed by atoms with Crippen LogP contribution in [0.25, 0.3) is 4.85 Å². The van der Waals surface area contributed by atoms with Gasteiger partial charge in [-0.1, -0.05) is 23.7 Å². The highest BCUT2D eigenvalue weighted by atomic mass is 32.2. The molecule has 14 heavy (non-hydrogen) atoms. The zero-order chi connectivity index (χ0) is 10.2. The van der Waals surface area contributed by atoms with Crippen LogP contribution in [0.5, 0.6) is 0 Å². The summed E-state index contributed by atoms with van der Waals surface area (Å²) in [5.74, 6) is 0.129. The first kappa shape index (κ1) is 11.0. The molecule has 0 aliphatic rings. The van der Waals surface area contributed by atoms with Crippen molar-refractivity contribution < 1.29 is 14.4 Å². The van der Waals surface area contributed by atoms with Crippen LogP contribution in [0.3, 0.4) is 0 Å². The third kappa shape index (κ3) is 3.35. The standard InChI is InChI=1S/C7H6N2O3S2/c1-8-7(6-4-3-5-14-6)9-10-11-12-13-2/h3-5H,2H3/b9-7+. The summed E-state index contributed by atoms with van der Waals surface area (Å²) >= 11 is 2.36. The minimum absolute atomic E-state index is 0.129. The third-order valence-electron chi connectivity index (χ3n) is 1.10. The highest BCUT2D eigenvalue weighted by molar-refractivity contribution is 7.93. The quantitative estimate of drug-likeness (QED) is 0.148. The van der Waals surface area contributed by atoms with Crippen LogP contribution in [0, 0.1) is 6.57 Å². The predicted molar refractivity (Wildman–Crippen MR) is 54.2 cm³/mol. The molecule has 0 saturated carbocycles. The molecule has 7 heteroatoms. The van der Waals surface area contributed by atoms with Crippen LogP contribution in [0.4, 0.5) is 0 Å². The molecular weight excluding hydrogens is 224 g/mol. The Bertz CT molecular complexity index is 331. The maximum absolute atomic E-state index is 6.84. The van der Waals surface area contributed by atoms with Gasteiger partial charge in [0.25, 0.3) is 0 Å². The molecule has 0 bridgehead atoms. The summed E-state index contributed by atoms with van der Waals surface area (Å²) in [6, 6.07) is 3.58. The molecule has 74 valence electrons. The van der Waals surface area contributed by atoms with Gasteiger partial charge in [-0.2, -0.15) is 11.3 Å². The third-order valence-corrected chi connectivity index (χ3v) is 2.15. The van der Waals surface area contributed by atoms with E-state index in [2.05, 4.69) is 24.4 Å². The number of nitrogens with zero attached hydrogens (tertiary/aromatic N) is 2. The lowest BCUT2D eigenvalue weighted by molar-refractivity contribution is -0.461. The molecule has 0 radical (unpaired) electrons. The van der Waals surface area contributed by atoms with Gasteiger partial charge < -0.3 is 4.85 Å². The molecule has 0 fully saturated rings. The summed E-state index contributed by atoms with van der Waals surface area (Å²) < 4.78 is 4.33. The highest BCUT2D eigenvalue weighted by Crippen LogP contribution is 2.11. The largest absolute Gasteiger partial charge is 0.356 e. The molecule has 1 heterocycles. The fourth-order valence-electron chi connectivity index (χ4n) is 0.617. The van der Waals surface area contributed by atoms with Crippen molar-refractivity contribution in [3.05, 3.63) is 33.8 Å². The van der Waals surface area contributed by atoms with Crippen LogP contribution in [0.2, 0.25) is 0 Å². The van der Waals surface area contributed by atoms with Gasteiger partial charge in [-0.3, -0.25) is 0 Å². The topological polar surface area (TPSA) is 44.4 Å². The fraction of sp³-hybridized carbons (Fsp3) is 0.143. The second-order valence-electron chi connectivity index (χ2n) is 1.88. The maximum Gasteiger partial charge on any atom is 0.336 e. The van der Waals surface area contributed by atoms with Crippen LogP contribution in [-0.2, 0) is 14.4 Å². The molecule has 0 aliphatic carbocycles. The van der Waals surface area contributed by atoms with E-state index in [-0.39, 0.29) is 5.84 Å². The van der Waals surface area contributed by atoms with Crippen LogP contribution >= 0.6 is 23.4 Å². The van der Waals surface area contributed by atoms with Crippen molar-refractivity contribution >= 4 is 29.2 Å². The van der Waals surface area contributed by atoms with Gasteiger partial charge in [0, 0.05) is 23.3 Å². The number of rotatable bonds is 5. The summed E-state index contributed by atoms with van der Waals surface area (Å²) in [5.41, 5.74) is 0. The van der Waals surface area contributed by atoms with Crippen LogP contribution in [-0.4, -0.2) is 12.1 Å². The summed E-state index contributed by atoms with van der Waals surface area (Å²) in [6.45, 7) is 6.84. The van der Waals surface area contributed by atoms with Gasteiger partial charge in [-0.15, -0.1) is 4.33 Å². The predicted octanol–water partition coefficient (Wildman–Crippen LogP) is 2.49. The molecule has 0 amide bonds. The van der Waals surface area contributed by atoms with Crippen LogP contribution < -0.4 is 0 Å². The minimum Gasteiger partial charge on any atom is -0.356 e. The van der Waals surface area contributed by atoms with Gasteiger partial charge in [0.2, 0.25) is 0 Å². The lowest BCUT2D eigenvalue weighted by Gasteiger charge is -1.91. The average molecular weight is 230 g/mol. The van der Waals surface area contributed by atoms with Crippen LogP contribution in [0.1, 0.15) is 4.88 Å². The monoisotopic (exact) mass is 230 g/mol. The first-order chi connectivity index (χ1) is 6.88. The van der Waals surface area contributed by atoms with E-state index in [0.717, 1.165) is 12.0 Å². The molecule has 0 aliphatic heterocycles. The van der Waals surface area contributed by atoms with Gasteiger partial charge in [0.05, 0.1) is 4.88 Å². The normalized spacial score (nSPS) is 11.0. The summed E-state index contributed by atoms with van der Waals surface area (Å²) in [5, 5.41) is 9.43. The van der Waals surface area contributed by atoms with Gasteiger partial charge in [0.15, 0.2) is 0 Å². The van der Waals surface area contributed by atoms with Crippen molar-refractivity contribution in [2.24, 2.45) is 5.16 Å². The van der Waals surface area contributed by atoms with E-state index in [1.807, 2.05) is 11.4 Å². The molecule has 0 aromatic carbocycles. The summed E-state index contributed by atoms with van der Waals surface area (Å²) in [6.07, 6.45) is 1.65. The number of oxime groups is 1. The van der Waals surface area contributed by atoms with Crippen molar-refractivity contribution in [1.82, 2.24) is 0 Å². The maximum atomic E-state index is 6.84. The SMILES string of the molecule is [C-]#[N+]/C(=N/OOOSC)c1cccs1.